The van der Waals surface area contributed by atoms with E-state index in [9.17, 15) is 9.18 Å². The Labute approximate surface area is 141 Å². The first-order chi connectivity index (χ1) is 11.7. The number of carbonyl (C=O) groups is 1. The fourth-order valence-corrected chi connectivity index (χ4v) is 4.29. The summed E-state index contributed by atoms with van der Waals surface area (Å²) in [5.41, 5.74) is 4.00. The molecule has 7 heteroatoms. The van der Waals surface area contributed by atoms with Crippen molar-refractivity contribution in [2.24, 2.45) is 0 Å². The van der Waals surface area contributed by atoms with E-state index in [1.165, 1.54) is 27.7 Å². The molecule has 0 unspecified atom stereocenters. The molecule has 1 aliphatic heterocycles. The van der Waals surface area contributed by atoms with Gasteiger partial charge in [-0.3, -0.25) is 15.0 Å². The zero-order valence-electron chi connectivity index (χ0n) is 12.6. The van der Waals surface area contributed by atoms with Crippen LogP contribution in [-0.2, 0) is 13.0 Å². The second kappa shape index (κ2) is 5.92. The number of halogens is 1. The number of hydroxylamine groups is 1. The van der Waals surface area contributed by atoms with Crippen LogP contribution in [0.1, 0.15) is 21.7 Å². The Morgan fingerprint density at radius 2 is 2.25 bits per heavy atom. The highest BCUT2D eigenvalue weighted by Crippen LogP contribution is 2.40. The first-order valence-corrected chi connectivity index (χ1v) is 8.49. The maximum Gasteiger partial charge on any atom is 0.276 e. The van der Waals surface area contributed by atoms with E-state index in [1.807, 2.05) is 30.0 Å². The summed E-state index contributed by atoms with van der Waals surface area (Å²) >= 11 is 1.83. The molecule has 3 heterocycles. The summed E-state index contributed by atoms with van der Waals surface area (Å²) in [6.45, 7) is 0.309. The molecule has 24 heavy (non-hydrogen) atoms. The third-order valence-corrected chi connectivity index (χ3v) is 5.35. The van der Waals surface area contributed by atoms with E-state index in [-0.39, 0.29) is 11.3 Å². The summed E-state index contributed by atoms with van der Waals surface area (Å²) in [5.74, 6) is -0.314. The molecule has 2 N–H and O–H groups in total. The number of nitrogens with zero attached hydrogens (tertiary/aromatic N) is 2. The minimum absolute atomic E-state index is 0.0168. The molecule has 0 fully saturated rings. The smallest absolute Gasteiger partial charge is 0.276 e. The maximum absolute atomic E-state index is 14.3. The van der Waals surface area contributed by atoms with E-state index in [0.29, 0.717) is 6.54 Å². The lowest BCUT2D eigenvalue weighted by molar-refractivity contribution is 0.0705. The Hall–Kier alpha value is -2.38. The lowest BCUT2D eigenvalue weighted by Gasteiger charge is -2.10. The molecule has 2 aromatic heterocycles. The van der Waals surface area contributed by atoms with E-state index in [0.717, 1.165) is 23.8 Å². The summed E-state index contributed by atoms with van der Waals surface area (Å²) in [4.78, 5) is 16.7. The molecule has 122 valence electrons. The quantitative estimate of drug-likeness (QED) is 0.567. The van der Waals surface area contributed by atoms with Crippen molar-refractivity contribution in [3.63, 3.8) is 0 Å². The molecule has 0 aliphatic carbocycles. The van der Waals surface area contributed by atoms with Crippen molar-refractivity contribution in [2.75, 3.05) is 5.75 Å². The summed E-state index contributed by atoms with van der Waals surface area (Å²) in [5, 5.41) is 9.81. The molecule has 3 aromatic rings. The van der Waals surface area contributed by atoms with E-state index < -0.39 is 11.7 Å². The van der Waals surface area contributed by atoms with Crippen LogP contribution in [0, 0.1) is 5.82 Å². The van der Waals surface area contributed by atoms with E-state index in [4.69, 9.17) is 5.21 Å². The Morgan fingerprint density at radius 3 is 3.04 bits per heavy atom. The topological polar surface area (TPSA) is 67.2 Å². The van der Waals surface area contributed by atoms with Gasteiger partial charge in [-0.05, 0) is 18.6 Å². The third-order valence-electron chi connectivity index (χ3n) is 4.20. The number of pyridine rings is 1. The van der Waals surface area contributed by atoms with E-state index in [1.54, 1.807) is 0 Å². The van der Waals surface area contributed by atoms with Gasteiger partial charge in [0.2, 0.25) is 0 Å². The monoisotopic (exact) mass is 343 g/mol. The summed E-state index contributed by atoms with van der Waals surface area (Å²) < 4.78 is 16.4. The van der Waals surface area contributed by atoms with Crippen molar-refractivity contribution < 1.29 is 14.4 Å². The van der Waals surface area contributed by atoms with Crippen LogP contribution in [0.5, 0.6) is 0 Å². The van der Waals surface area contributed by atoms with Crippen LogP contribution in [0.2, 0.25) is 0 Å². The van der Waals surface area contributed by atoms with Crippen molar-refractivity contribution in [1.29, 1.82) is 0 Å². The minimum atomic E-state index is -0.781. The van der Waals surface area contributed by atoms with Crippen LogP contribution in [0.4, 0.5) is 4.39 Å². The fourth-order valence-electron chi connectivity index (χ4n) is 3.09. The molecule has 0 spiro atoms. The minimum Gasteiger partial charge on any atom is -0.337 e. The number of thioether (sulfide) groups is 1. The van der Waals surface area contributed by atoms with Gasteiger partial charge in [-0.2, -0.15) is 0 Å². The fraction of sp³-hybridized carbons (Fsp3) is 0.176. The van der Waals surface area contributed by atoms with Gasteiger partial charge in [0.25, 0.3) is 5.91 Å². The molecular formula is C17H14FN3O2S. The molecule has 0 atom stereocenters. The summed E-state index contributed by atoms with van der Waals surface area (Å²) in [6, 6.07) is 9.18. The number of hydrogen-bond acceptors (Lipinski definition) is 4. The van der Waals surface area contributed by atoms with Gasteiger partial charge >= 0.3 is 0 Å². The van der Waals surface area contributed by atoms with Gasteiger partial charge in [0.05, 0.1) is 17.8 Å². The predicted octanol–water partition coefficient (Wildman–Crippen LogP) is 2.99. The molecule has 0 bridgehead atoms. The molecule has 1 amide bonds. The van der Waals surface area contributed by atoms with Crippen molar-refractivity contribution in [2.45, 2.75) is 17.9 Å². The normalized spacial score (nSPS) is 13.2. The number of para-hydroxylation sites is 1. The summed E-state index contributed by atoms with van der Waals surface area (Å²) in [7, 11) is 0. The van der Waals surface area contributed by atoms with Crippen LogP contribution in [0.3, 0.4) is 0 Å². The van der Waals surface area contributed by atoms with Crippen molar-refractivity contribution in [3.05, 3.63) is 59.3 Å². The highest BCUT2D eigenvalue weighted by molar-refractivity contribution is 7.99. The zero-order valence-corrected chi connectivity index (χ0v) is 13.4. The van der Waals surface area contributed by atoms with Gasteiger partial charge in [0.15, 0.2) is 0 Å². The van der Waals surface area contributed by atoms with E-state index in [2.05, 4.69) is 15.6 Å². The Balaban J connectivity index is 1.77. The van der Waals surface area contributed by atoms with Crippen LogP contribution >= 0.6 is 11.8 Å². The van der Waals surface area contributed by atoms with Gasteiger partial charge in [0, 0.05) is 33.4 Å². The Kier molecular flexibility index (Phi) is 3.74. The molecular weight excluding hydrogens is 329 g/mol. The van der Waals surface area contributed by atoms with Crippen molar-refractivity contribution in [3.8, 4) is 0 Å². The van der Waals surface area contributed by atoms with Gasteiger partial charge in [-0.25, -0.2) is 9.87 Å². The van der Waals surface area contributed by atoms with E-state index >= 15 is 0 Å². The SMILES string of the molecule is O=C(NO)c1cnc(Cn2c3c(c4ccccc42)SCC3)c(F)c1. The number of carbonyl (C=O) groups excluding carboxylic acids is 1. The lowest BCUT2D eigenvalue weighted by atomic mass is 10.2. The van der Waals surface area contributed by atoms with Gasteiger partial charge in [-0.1, -0.05) is 18.2 Å². The molecule has 0 saturated heterocycles. The standard InChI is InChI=1S/C17H14FN3O2S/c18-12-7-10(17(22)20-23)8-19-13(12)9-21-14-4-2-1-3-11(14)16-15(21)5-6-24-16/h1-4,7-8,23H,5-6,9H2,(H,20,22). The molecule has 5 nitrogen and oxygen atoms in total. The molecule has 1 aliphatic rings. The number of hydrogen-bond donors (Lipinski definition) is 2. The molecule has 4 rings (SSSR count). The Morgan fingerprint density at radius 1 is 1.42 bits per heavy atom. The number of amides is 1. The van der Waals surface area contributed by atoms with Crippen molar-refractivity contribution in [1.82, 2.24) is 15.0 Å². The first-order valence-electron chi connectivity index (χ1n) is 7.51. The molecule has 0 saturated carbocycles. The number of rotatable bonds is 3. The predicted molar refractivity (Wildman–Crippen MR) is 88.9 cm³/mol. The highest BCUT2D eigenvalue weighted by Gasteiger charge is 2.23. The second-order valence-corrected chi connectivity index (χ2v) is 6.68. The Bertz CT molecular complexity index is 954. The largest absolute Gasteiger partial charge is 0.337 e. The number of nitrogens with one attached hydrogen (secondary N) is 1. The molecule has 1 aromatic carbocycles. The van der Waals surface area contributed by atoms with Gasteiger partial charge < -0.3 is 4.57 Å². The van der Waals surface area contributed by atoms with Crippen LogP contribution in [0.15, 0.2) is 41.4 Å². The highest BCUT2D eigenvalue weighted by atomic mass is 32.2. The average molecular weight is 343 g/mol. The first kappa shape index (κ1) is 15.2. The van der Waals surface area contributed by atoms with Crippen LogP contribution < -0.4 is 5.48 Å². The second-order valence-electron chi connectivity index (χ2n) is 5.57. The summed E-state index contributed by atoms with van der Waals surface area (Å²) in [6.07, 6.45) is 2.21. The maximum atomic E-state index is 14.3. The number of benzene rings is 1. The third kappa shape index (κ3) is 2.37. The van der Waals surface area contributed by atoms with Crippen molar-refractivity contribution >= 4 is 28.6 Å². The zero-order chi connectivity index (χ0) is 16.7. The lowest BCUT2D eigenvalue weighted by Crippen LogP contribution is -2.19. The number of aromatic nitrogens is 2. The van der Waals surface area contributed by atoms with Gasteiger partial charge in [0.1, 0.15) is 5.82 Å². The average Bonchev–Trinajstić information content (AvgIpc) is 3.18. The van der Waals surface area contributed by atoms with Gasteiger partial charge in [-0.15, -0.1) is 11.8 Å². The van der Waals surface area contributed by atoms with Crippen LogP contribution in [0.25, 0.3) is 10.9 Å². The number of fused-ring (bicyclic) bond motifs is 3. The van der Waals surface area contributed by atoms with Crippen LogP contribution in [-0.4, -0.2) is 26.4 Å². The molecule has 0 radical (unpaired) electrons.